The average molecular weight is 322 g/mol. The third kappa shape index (κ3) is 5.69. The molecule has 0 aromatic heterocycles. The van der Waals surface area contributed by atoms with Crippen LogP contribution in [0.3, 0.4) is 0 Å². The highest BCUT2D eigenvalue weighted by atomic mass is 31.2. The Kier molecular flexibility index (Phi) is 8.70. The highest BCUT2D eigenvalue weighted by Gasteiger charge is 2.45. The zero-order valence-electron chi connectivity index (χ0n) is 15.9. The third-order valence-electron chi connectivity index (χ3n) is 5.52. The van der Waals surface area contributed by atoms with Gasteiger partial charge in [0.15, 0.2) is 0 Å². The molecule has 0 heterocycles. The first kappa shape index (κ1) is 19.7. The van der Waals surface area contributed by atoms with Crippen molar-refractivity contribution in [2.75, 3.05) is 18.5 Å². The van der Waals surface area contributed by atoms with Gasteiger partial charge < -0.3 is 0 Å². The fraction of sp³-hybridized carbons (Fsp3) is 0.714. The Balaban J connectivity index is 3.19. The van der Waals surface area contributed by atoms with E-state index in [4.69, 9.17) is 0 Å². The fourth-order valence-electron chi connectivity index (χ4n) is 3.95. The Morgan fingerprint density at radius 1 is 0.727 bits per heavy atom. The van der Waals surface area contributed by atoms with Crippen molar-refractivity contribution in [2.45, 2.75) is 79.3 Å². The van der Waals surface area contributed by atoms with Gasteiger partial charge in [-0.25, -0.2) is 0 Å². The Morgan fingerprint density at radius 3 is 1.41 bits per heavy atom. The summed E-state index contributed by atoms with van der Waals surface area (Å²) in [4.78, 5) is 0. The molecule has 126 valence electrons. The second-order valence-electron chi connectivity index (χ2n) is 7.39. The maximum Gasteiger partial charge on any atom is 0.0809 e. The van der Waals surface area contributed by atoms with Crippen LogP contribution in [0.5, 0.6) is 0 Å². The van der Waals surface area contributed by atoms with Crippen molar-refractivity contribution in [1.82, 2.24) is 0 Å². The van der Waals surface area contributed by atoms with E-state index in [9.17, 15) is 0 Å². The monoisotopic (exact) mass is 321 g/mol. The van der Waals surface area contributed by atoms with Gasteiger partial charge in [-0.1, -0.05) is 24.6 Å². The van der Waals surface area contributed by atoms with Gasteiger partial charge in [0, 0.05) is 7.26 Å². The molecule has 0 radical (unpaired) electrons. The van der Waals surface area contributed by atoms with Gasteiger partial charge in [0.25, 0.3) is 0 Å². The van der Waals surface area contributed by atoms with Crippen molar-refractivity contribution < 1.29 is 0 Å². The summed E-state index contributed by atoms with van der Waals surface area (Å²) in [5.41, 5.74) is 5.85. The molecule has 1 saturated carbocycles. The highest BCUT2D eigenvalue weighted by Crippen LogP contribution is 2.68. The topological polar surface area (TPSA) is 0 Å². The van der Waals surface area contributed by atoms with Crippen LogP contribution in [0.4, 0.5) is 0 Å². The van der Waals surface area contributed by atoms with Crippen molar-refractivity contribution in [3.63, 3.8) is 0 Å². The highest BCUT2D eigenvalue weighted by molar-refractivity contribution is 7.77. The minimum absolute atomic E-state index is 0.994. The summed E-state index contributed by atoms with van der Waals surface area (Å²) >= 11 is 0. The van der Waals surface area contributed by atoms with Gasteiger partial charge >= 0.3 is 0 Å². The van der Waals surface area contributed by atoms with E-state index in [1.54, 1.807) is 16.7 Å². The van der Waals surface area contributed by atoms with E-state index < -0.39 is 7.26 Å². The minimum atomic E-state index is -0.994. The van der Waals surface area contributed by atoms with Crippen LogP contribution in [0.2, 0.25) is 0 Å². The first-order valence-electron chi connectivity index (χ1n) is 9.18. The van der Waals surface area contributed by atoms with Crippen LogP contribution in [0, 0.1) is 0 Å². The SMILES string of the molecule is CC=C(C)C[P+](CC(C)=CC)(CC(C)=CC)C1CCCCC1. The van der Waals surface area contributed by atoms with Gasteiger partial charge in [-0.15, -0.1) is 0 Å². The van der Waals surface area contributed by atoms with Crippen LogP contribution >= 0.6 is 7.26 Å². The fourth-order valence-corrected chi connectivity index (χ4v) is 10.0. The number of rotatable bonds is 7. The summed E-state index contributed by atoms with van der Waals surface area (Å²) in [7, 11) is -0.994. The number of allylic oxidation sites excluding steroid dienone is 6. The van der Waals surface area contributed by atoms with Crippen molar-refractivity contribution in [3.8, 4) is 0 Å². The summed E-state index contributed by atoms with van der Waals surface area (Å²) in [5, 5.41) is 0. The zero-order valence-corrected chi connectivity index (χ0v) is 16.8. The lowest BCUT2D eigenvalue weighted by molar-refractivity contribution is 0.507. The van der Waals surface area contributed by atoms with Crippen LogP contribution in [0.1, 0.15) is 73.6 Å². The molecular weight excluding hydrogens is 283 g/mol. The van der Waals surface area contributed by atoms with E-state index in [0.29, 0.717) is 0 Å². The van der Waals surface area contributed by atoms with E-state index in [-0.39, 0.29) is 0 Å². The van der Waals surface area contributed by atoms with Crippen LogP contribution < -0.4 is 0 Å². The van der Waals surface area contributed by atoms with Crippen LogP contribution in [-0.2, 0) is 0 Å². The molecular formula is C21H38P+. The molecule has 1 rings (SSSR count). The van der Waals surface area contributed by atoms with Crippen molar-refractivity contribution in [2.24, 2.45) is 0 Å². The molecule has 0 atom stereocenters. The van der Waals surface area contributed by atoms with Gasteiger partial charge in [-0.05, 0) is 83.9 Å². The molecule has 0 aromatic carbocycles. The van der Waals surface area contributed by atoms with E-state index in [1.807, 2.05) is 0 Å². The first-order chi connectivity index (χ1) is 10.5. The number of hydrogen-bond donors (Lipinski definition) is 0. The summed E-state index contributed by atoms with van der Waals surface area (Å²) in [6.45, 7) is 13.7. The molecule has 0 bridgehead atoms. The van der Waals surface area contributed by atoms with E-state index >= 15 is 0 Å². The lowest BCUT2D eigenvalue weighted by atomic mass is 10.0. The maximum absolute atomic E-state index is 2.35. The van der Waals surface area contributed by atoms with Crippen molar-refractivity contribution in [1.29, 1.82) is 0 Å². The van der Waals surface area contributed by atoms with Gasteiger partial charge in [0.05, 0.1) is 24.1 Å². The largest absolute Gasteiger partial charge is 0.0851 e. The van der Waals surface area contributed by atoms with E-state index in [0.717, 1.165) is 5.66 Å². The molecule has 1 aliphatic carbocycles. The molecule has 0 nitrogen and oxygen atoms in total. The van der Waals surface area contributed by atoms with Crippen LogP contribution in [0.25, 0.3) is 0 Å². The van der Waals surface area contributed by atoms with Crippen LogP contribution in [0.15, 0.2) is 34.9 Å². The molecule has 0 spiro atoms. The predicted molar refractivity (Wildman–Crippen MR) is 107 cm³/mol. The average Bonchev–Trinajstić information content (AvgIpc) is 2.54. The second-order valence-corrected chi connectivity index (χ2v) is 11.5. The second kappa shape index (κ2) is 9.71. The minimum Gasteiger partial charge on any atom is -0.0851 e. The Bertz CT molecular complexity index is 369. The smallest absolute Gasteiger partial charge is 0.0809 e. The maximum atomic E-state index is 2.35. The molecule has 0 unspecified atom stereocenters. The quantitative estimate of drug-likeness (QED) is 0.342. The molecule has 1 fully saturated rings. The summed E-state index contributed by atoms with van der Waals surface area (Å²) in [6, 6.07) is 0. The van der Waals surface area contributed by atoms with E-state index in [1.165, 1.54) is 50.6 Å². The Labute approximate surface area is 140 Å². The number of hydrogen-bond acceptors (Lipinski definition) is 0. The Hall–Kier alpha value is -0.350. The standard InChI is InChI=1S/C21H38P/c1-7-18(4)15-22(16-19(5)8-2,17-20(6)9-3)21-13-11-10-12-14-21/h7-9,21H,10-17H2,1-6H3/q+1. The van der Waals surface area contributed by atoms with E-state index in [2.05, 4.69) is 59.8 Å². The lowest BCUT2D eigenvalue weighted by Crippen LogP contribution is -2.26. The Morgan fingerprint density at radius 2 is 1.09 bits per heavy atom. The predicted octanol–water partition coefficient (Wildman–Crippen LogP) is 7.24. The zero-order chi connectivity index (χ0) is 16.6. The molecule has 0 saturated heterocycles. The molecule has 0 aliphatic heterocycles. The van der Waals surface area contributed by atoms with Crippen LogP contribution in [-0.4, -0.2) is 24.1 Å². The normalized spacial score (nSPS) is 21.8. The summed E-state index contributed by atoms with van der Waals surface area (Å²) in [6.07, 6.45) is 18.6. The molecule has 1 aliphatic rings. The summed E-state index contributed by atoms with van der Waals surface area (Å²) < 4.78 is 0. The lowest BCUT2D eigenvalue weighted by Gasteiger charge is -2.38. The molecule has 0 N–H and O–H groups in total. The van der Waals surface area contributed by atoms with Crippen molar-refractivity contribution in [3.05, 3.63) is 34.9 Å². The first-order valence-corrected chi connectivity index (χ1v) is 11.6. The molecule has 0 amide bonds. The molecule has 22 heavy (non-hydrogen) atoms. The molecule has 0 aromatic rings. The van der Waals surface area contributed by atoms with Gasteiger partial charge in [0.2, 0.25) is 0 Å². The van der Waals surface area contributed by atoms with Gasteiger partial charge in [-0.2, -0.15) is 0 Å². The van der Waals surface area contributed by atoms with Crippen molar-refractivity contribution >= 4 is 7.26 Å². The van der Waals surface area contributed by atoms with Gasteiger partial charge in [-0.3, -0.25) is 0 Å². The summed E-state index contributed by atoms with van der Waals surface area (Å²) in [5.74, 6) is 0. The molecule has 1 heteroatoms. The third-order valence-corrected chi connectivity index (χ3v) is 11.0. The van der Waals surface area contributed by atoms with Gasteiger partial charge in [0.1, 0.15) is 0 Å².